The maximum atomic E-state index is 13.7. The molecule has 0 aliphatic carbocycles. The molecule has 0 fully saturated rings. The van der Waals surface area contributed by atoms with Gasteiger partial charge in [0.1, 0.15) is 5.82 Å². The summed E-state index contributed by atoms with van der Waals surface area (Å²) < 4.78 is 13.7. The Labute approximate surface area is 113 Å². The fourth-order valence-corrected chi connectivity index (χ4v) is 1.60. The van der Waals surface area contributed by atoms with Crippen molar-refractivity contribution >= 4 is 17.6 Å². The average Bonchev–Trinajstić information content (AvgIpc) is 2.38. The van der Waals surface area contributed by atoms with E-state index in [0.29, 0.717) is 6.07 Å². The van der Waals surface area contributed by atoms with Crippen LogP contribution in [0.3, 0.4) is 0 Å². The molecule has 1 aromatic rings. The van der Waals surface area contributed by atoms with Crippen molar-refractivity contribution < 1.29 is 24.0 Å². The molecule has 0 spiro atoms. The first-order valence-corrected chi connectivity index (χ1v) is 5.81. The first-order chi connectivity index (χ1) is 9.36. The van der Waals surface area contributed by atoms with Gasteiger partial charge in [-0.05, 0) is 13.0 Å². The number of nitrogens with zero attached hydrogens (tertiary/aromatic N) is 2. The van der Waals surface area contributed by atoms with Crippen LogP contribution in [-0.2, 0) is 4.79 Å². The van der Waals surface area contributed by atoms with Crippen molar-refractivity contribution in [1.29, 1.82) is 0 Å². The maximum absolute atomic E-state index is 13.7. The Bertz CT molecular complexity index is 547. The molecule has 8 heteroatoms. The number of nitro groups is 1. The molecule has 0 bridgehead atoms. The van der Waals surface area contributed by atoms with Gasteiger partial charge in [-0.1, -0.05) is 0 Å². The lowest BCUT2D eigenvalue weighted by molar-refractivity contribution is -0.385. The van der Waals surface area contributed by atoms with Gasteiger partial charge in [0.05, 0.1) is 23.0 Å². The Kier molecular flexibility index (Phi) is 5.13. The van der Waals surface area contributed by atoms with E-state index >= 15 is 0 Å². The van der Waals surface area contributed by atoms with Crippen molar-refractivity contribution in [3.8, 4) is 0 Å². The molecular formula is C12H13FN2O5. The second-order valence-electron chi connectivity index (χ2n) is 3.95. The van der Waals surface area contributed by atoms with Crippen LogP contribution in [0.15, 0.2) is 18.2 Å². The third-order valence-electron chi connectivity index (χ3n) is 2.66. The molecule has 0 saturated carbocycles. The van der Waals surface area contributed by atoms with Gasteiger partial charge in [0, 0.05) is 19.2 Å². The van der Waals surface area contributed by atoms with Crippen molar-refractivity contribution in [2.45, 2.75) is 13.3 Å². The highest BCUT2D eigenvalue weighted by atomic mass is 19.1. The molecule has 108 valence electrons. The number of amides is 1. The topological polar surface area (TPSA) is 101 Å². The number of rotatable bonds is 6. The lowest BCUT2D eigenvalue weighted by atomic mass is 10.1. The quantitative estimate of drug-likeness (QED) is 0.632. The number of halogens is 1. The van der Waals surface area contributed by atoms with E-state index in [2.05, 4.69) is 0 Å². The largest absolute Gasteiger partial charge is 0.481 e. The highest BCUT2D eigenvalue weighted by Crippen LogP contribution is 2.18. The summed E-state index contributed by atoms with van der Waals surface area (Å²) >= 11 is 0. The van der Waals surface area contributed by atoms with Crippen LogP contribution in [-0.4, -0.2) is 39.9 Å². The number of carboxylic acid groups (broad SMARTS) is 1. The van der Waals surface area contributed by atoms with E-state index in [4.69, 9.17) is 5.11 Å². The number of carboxylic acids is 1. The van der Waals surface area contributed by atoms with E-state index in [9.17, 15) is 24.1 Å². The van der Waals surface area contributed by atoms with E-state index in [1.54, 1.807) is 6.92 Å². The number of hydrogen-bond acceptors (Lipinski definition) is 4. The van der Waals surface area contributed by atoms with E-state index in [-0.39, 0.29) is 25.1 Å². The molecule has 1 amide bonds. The van der Waals surface area contributed by atoms with Gasteiger partial charge in [-0.2, -0.15) is 0 Å². The summed E-state index contributed by atoms with van der Waals surface area (Å²) in [6.45, 7) is 1.78. The number of carbonyl (C=O) groups excluding carboxylic acids is 1. The van der Waals surface area contributed by atoms with Crippen LogP contribution in [0.5, 0.6) is 0 Å². The Morgan fingerprint density at radius 3 is 2.55 bits per heavy atom. The van der Waals surface area contributed by atoms with Gasteiger partial charge in [0.25, 0.3) is 11.6 Å². The number of aliphatic carboxylic acids is 1. The van der Waals surface area contributed by atoms with Crippen molar-refractivity contribution in [3.05, 3.63) is 39.7 Å². The number of benzene rings is 1. The van der Waals surface area contributed by atoms with Crippen LogP contribution in [0.2, 0.25) is 0 Å². The monoisotopic (exact) mass is 284 g/mol. The minimum Gasteiger partial charge on any atom is -0.481 e. The molecule has 1 N–H and O–H groups in total. The van der Waals surface area contributed by atoms with Crippen LogP contribution in [0.25, 0.3) is 0 Å². The minimum absolute atomic E-state index is 0.0545. The molecule has 0 aliphatic heterocycles. The highest BCUT2D eigenvalue weighted by molar-refractivity contribution is 5.94. The molecule has 1 rings (SSSR count). The summed E-state index contributed by atoms with van der Waals surface area (Å²) in [5, 5.41) is 19.1. The summed E-state index contributed by atoms with van der Waals surface area (Å²) in [5.74, 6) is -2.76. The van der Waals surface area contributed by atoms with Gasteiger partial charge in [0.15, 0.2) is 0 Å². The predicted octanol–water partition coefficient (Wildman–Crippen LogP) is 1.67. The molecule has 0 aliphatic rings. The van der Waals surface area contributed by atoms with Gasteiger partial charge in [-0.3, -0.25) is 19.7 Å². The molecule has 20 heavy (non-hydrogen) atoms. The van der Waals surface area contributed by atoms with E-state index in [0.717, 1.165) is 12.1 Å². The van der Waals surface area contributed by atoms with Crippen molar-refractivity contribution in [1.82, 2.24) is 4.90 Å². The number of nitro benzene ring substituents is 1. The van der Waals surface area contributed by atoms with Crippen LogP contribution in [0.4, 0.5) is 10.1 Å². The smallest absolute Gasteiger partial charge is 0.305 e. The van der Waals surface area contributed by atoms with E-state index in [1.807, 2.05) is 0 Å². The van der Waals surface area contributed by atoms with E-state index in [1.165, 1.54) is 4.90 Å². The number of non-ortho nitro benzene ring substituents is 1. The molecule has 0 unspecified atom stereocenters. The molecule has 0 atom stereocenters. The summed E-state index contributed by atoms with van der Waals surface area (Å²) in [6, 6.07) is 2.72. The van der Waals surface area contributed by atoms with Gasteiger partial charge in [-0.15, -0.1) is 0 Å². The Hall–Kier alpha value is -2.51. The first kappa shape index (κ1) is 15.5. The lowest BCUT2D eigenvalue weighted by Gasteiger charge is -2.20. The standard InChI is InChI=1S/C12H13FN2O5/c1-2-14(6-5-11(16)17)12(18)9-4-3-8(15(19)20)7-10(9)13/h3-4,7H,2,5-6H2,1H3,(H,16,17). The second kappa shape index (κ2) is 6.60. The average molecular weight is 284 g/mol. The summed E-state index contributed by atoms with van der Waals surface area (Å²) in [5.41, 5.74) is -0.768. The molecule has 1 aromatic carbocycles. The van der Waals surface area contributed by atoms with Crippen molar-refractivity contribution in [3.63, 3.8) is 0 Å². The summed E-state index contributed by atoms with van der Waals surface area (Å²) in [4.78, 5) is 33.4. The first-order valence-electron chi connectivity index (χ1n) is 5.81. The van der Waals surface area contributed by atoms with Gasteiger partial charge >= 0.3 is 5.97 Å². The second-order valence-corrected chi connectivity index (χ2v) is 3.95. The zero-order chi connectivity index (χ0) is 15.3. The van der Waals surface area contributed by atoms with Crippen LogP contribution in [0, 0.1) is 15.9 Å². The molecule has 0 aromatic heterocycles. The zero-order valence-corrected chi connectivity index (χ0v) is 10.7. The summed E-state index contributed by atoms with van der Waals surface area (Å²) in [7, 11) is 0. The Morgan fingerprint density at radius 2 is 2.10 bits per heavy atom. The number of hydrogen-bond donors (Lipinski definition) is 1. The fraction of sp³-hybridized carbons (Fsp3) is 0.333. The molecular weight excluding hydrogens is 271 g/mol. The zero-order valence-electron chi connectivity index (χ0n) is 10.7. The predicted molar refractivity (Wildman–Crippen MR) is 66.9 cm³/mol. The van der Waals surface area contributed by atoms with Crippen LogP contribution < -0.4 is 0 Å². The normalized spacial score (nSPS) is 10.1. The van der Waals surface area contributed by atoms with Crippen LogP contribution in [0.1, 0.15) is 23.7 Å². The highest BCUT2D eigenvalue weighted by Gasteiger charge is 2.20. The van der Waals surface area contributed by atoms with Gasteiger partial charge in [0.2, 0.25) is 0 Å². The summed E-state index contributed by atoms with van der Waals surface area (Å²) in [6.07, 6.45) is -0.256. The van der Waals surface area contributed by atoms with Crippen molar-refractivity contribution in [2.75, 3.05) is 13.1 Å². The minimum atomic E-state index is -1.07. The molecule has 0 saturated heterocycles. The molecule has 7 nitrogen and oxygen atoms in total. The number of carbonyl (C=O) groups is 2. The van der Waals surface area contributed by atoms with Gasteiger partial charge < -0.3 is 10.0 Å². The molecule has 0 radical (unpaired) electrons. The lowest BCUT2D eigenvalue weighted by Crippen LogP contribution is -2.33. The van der Waals surface area contributed by atoms with Gasteiger partial charge in [-0.25, -0.2) is 4.39 Å². The fourth-order valence-electron chi connectivity index (χ4n) is 1.60. The maximum Gasteiger partial charge on any atom is 0.305 e. The van der Waals surface area contributed by atoms with Crippen LogP contribution >= 0.6 is 0 Å². The third kappa shape index (κ3) is 3.74. The SMILES string of the molecule is CCN(CCC(=O)O)C(=O)c1ccc([N+](=O)[O-])cc1F. The van der Waals surface area contributed by atoms with Crippen molar-refractivity contribution in [2.24, 2.45) is 0 Å². The third-order valence-corrected chi connectivity index (χ3v) is 2.66. The van der Waals surface area contributed by atoms with E-state index < -0.39 is 28.3 Å². The Morgan fingerprint density at radius 1 is 1.45 bits per heavy atom. The molecule has 0 heterocycles. The Balaban J connectivity index is 2.95.